The molecule has 0 radical (unpaired) electrons. The van der Waals surface area contributed by atoms with E-state index in [-0.39, 0.29) is 11.8 Å². The van der Waals surface area contributed by atoms with E-state index in [4.69, 9.17) is 0 Å². The lowest BCUT2D eigenvalue weighted by atomic mass is 9.91. The van der Waals surface area contributed by atoms with Gasteiger partial charge in [-0.1, -0.05) is 30.3 Å². The van der Waals surface area contributed by atoms with Crippen molar-refractivity contribution in [1.82, 2.24) is 15.1 Å². The first kappa shape index (κ1) is 22.0. The summed E-state index contributed by atoms with van der Waals surface area (Å²) in [6, 6.07) is 13.7. The van der Waals surface area contributed by atoms with Gasteiger partial charge in [-0.2, -0.15) is 0 Å². The molecule has 1 fully saturated rings. The minimum absolute atomic E-state index is 0.0728. The zero-order valence-corrected chi connectivity index (χ0v) is 19.1. The van der Waals surface area contributed by atoms with Gasteiger partial charge in [0.2, 0.25) is 0 Å². The number of amides is 2. The number of hydrogen-bond donors (Lipinski definition) is 2. The van der Waals surface area contributed by atoms with Gasteiger partial charge in [-0.05, 0) is 37.7 Å². The Labute approximate surface area is 197 Å². The number of nitrogens with zero attached hydrogens (tertiary/aromatic N) is 3. The third kappa shape index (κ3) is 3.90. The monoisotopic (exact) mass is 459 g/mol. The van der Waals surface area contributed by atoms with Gasteiger partial charge in [0.05, 0.1) is 22.5 Å². The number of anilines is 1. The van der Waals surface area contributed by atoms with Crippen molar-refractivity contribution in [1.29, 1.82) is 0 Å². The van der Waals surface area contributed by atoms with Crippen molar-refractivity contribution < 1.29 is 14.0 Å². The van der Waals surface area contributed by atoms with Crippen LogP contribution in [0.25, 0.3) is 11.3 Å². The summed E-state index contributed by atoms with van der Waals surface area (Å²) in [4.78, 5) is 34.9. The molecule has 0 aromatic heterocycles. The van der Waals surface area contributed by atoms with Crippen molar-refractivity contribution in [2.45, 2.75) is 12.5 Å². The van der Waals surface area contributed by atoms with Crippen molar-refractivity contribution in [3.63, 3.8) is 0 Å². The van der Waals surface area contributed by atoms with E-state index in [1.807, 2.05) is 49.2 Å². The maximum Gasteiger partial charge on any atom is 0.258 e. The molecule has 0 bridgehead atoms. The number of carbonyl (C=O) groups excluding carboxylic acids is 2. The molecule has 7 nitrogen and oxygen atoms in total. The van der Waals surface area contributed by atoms with Crippen LogP contribution in [0.4, 0.5) is 10.1 Å². The smallest absolute Gasteiger partial charge is 0.258 e. The third-order valence-corrected chi connectivity index (χ3v) is 6.54. The van der Waals surface area contributed by atoms with Crippen LogP contribution in [0.1, 0.15) is 18.1 Å². The molecular weight excluding hydrogens is 433 g/mol. The third-order valence-electron chi connectivity index (χ3n) is 6.54. The van der Waals surface area contributed by atoms with E-state index in [2.05, 4.69) is 20.5 Å². The van der Waals surface area contributed by atoms with Crippen molar-refractivity contribution in [3.05, 3.63) is 77.2 Å². The average Bonchev–Trinajstić information content (AvgIpc) is 3.36. The molecule has 2 aromatic rings. The van der Waals surface area contributed by atoms with Gasteiger partial charge < -0.3 is 20.4 Å². The Bertz CT molecular complexity index is 1250. The zero-order chi connectivity index (χ0) is 23.9. The largest absolute Gasteiger partial charge is 0.370 e. The molecule has 2 N–H and O–H groups in total. The second kappa shape index (κ2) is 8.53. The second-order valence-electron chi connectivity index (χ2n) is 9.00. The first-order valence-corrected chi connectivity index (χ1v) is 11.3. The predicted octanol–water partition coefficient (Wildman–Crippen LogP) is 2.74. The summed E-state index contributed by atoms with van der Waals surface area (Å²) in [5, 5.41) is 6.23. The molecule has 1 unspecified atom stereocenters. The summed E-state index contributed by atoms with van der Waals surface area (Å²) >= 11 is 0. The number of aliphatic imine (C=N–C) groups is 1. The number of piperazine rings is 1. The Morgan fingerprint density at radius 1 is 1.12 bits per heavy atom. The predicted molar refractivity (Wildman–Crippen MR) is 130 cm³/mol. The summed E-state index contributed by atoms with van der Waals surface area (Å²) in [5.74, 6) is -0.829. The Balaban J connectivity index is 1.55. The van der Waals surface area contributed by atoms with Crippen molar-refractivity contribution in [2.75, 3.05) is 38.5 Å². The van der Waals surface area contributed by atoms with Crippen LogP contribution in [0, 0.1) is 5.82 Å². The summed E-state index contributed by atoms with van der Waals surface area (Å²) in [7, 11) is 2.04. The summed E-state index contributed by atoms with van der Waals surface area (Å²) < 4.78 is 13.8. The minimum atomic E-state index is -0.929. The van der Waals surface area contributed by atoms with Crippen LogP contribution in [-0.4, -0.2) is 66.6 Å². The molecule has 5 rings (SSSR count). The van der Waals surface area contributed by atoms with E-state index in [0.717, 1.165) is 18.7 Å². The molecule has 2 aromatic carbocycles. The number of benzene rings is 2. The molecule has 0 saturated carbocycles. The van der Waals surface area contributed by atoms with Gasteiger partial charge in [-0.3, -0.25) is 14.6 Å². The molecule has 2 amide bonds. The molecule has 3 aliphatic rings. The van der Waals surface area contributed by atoms with Gasteiger partial charge in [0.25, 0.3) is 11.8 Å². The average molecular weight is 460 g/mol. The molecule has 8 heteroatoms. The number of carbonyl (C=O) groups is 2. The summed E-state index contributed by atoms with van der Waals surface area (Å²) in [6.07, 6.45) is 3.29. The van der Waals surface area contributed by atoms with Gasteiger partial charge in [-0.15, -0.1) is 0 Å². The molecular formula is C26H26FN5O2. The quantitative estimate of drug-likeness (QED) is 0.690. The number of hydrogen-bond acceptors (Lipinski definition) is 5. The highest BCUT2D eigenvalue weighted by atomic mass is 19.1. The lowest BCUT2D eigenvalue weighted by Crippen LogP contribution is -2.52. The van der Waals surface area contributed by atoms with Gasteiger partial charge in [0, 0.05) is 44.2 Å². The molecule has 0 spiro atoms. The lowest BCUT2D eigenvalue weighted by Gasteiger charge is -2.36. The van der Waals surface area contributed by atoms with E-state index in [0.29, 0.717) is 41.2 Å². The van der Waals surface area contributed by atoms with Gasteiger partial charge >= 0.3 is 0 Å². The maximum absolute atomic E-state index is 13.8. The Kier molecular flexibility index (Phi) is 5.53. The molecule has 3 heterocycles. The Morgan fingerprint density at radius 2 is 1.85 bits per heavy atom. The molecule has 0 aliphatic carbocycles. The fraction of sp³-hybridized carbons (Fsp3) is 0.269. The number of rotatable bonds is 4. The van der Waals surface area contributed by atoms with Gasteiger partial charge in [-0.25, -0.2) is 4.39 Å². The maximum atomic E-state index is 13.8. The highest BCUT2D eigenvalue weighted by Crippen LogP contribution is 2.38. The fourth-order valence-electron chi connectivity index (χ4n) is 4.56. The van der Waals surface area contributed by atoms with E-state index < -0.39 is 11.4 Å². The number of likely N-dealkylation sites (N-methyl/N-ethyl adjacent to an activating group) is 1. The molecule has 34 heavy (non-hydrogen) atoms. The van der Waals surface area contributed by atoms with Crippen LogP contribution >= 0.6 is 0 Å². The van der Waals surface area contributed by atoms with Gasteiger partial charge in [0.1, 0.15) is 11.4 Å². The number of fused-ring (bicyclic) bond motifs is 1. The summed E-state index contributed by atoms with van der Waals surface area (Å²) in [6.45, 7) is 4.81. The van der Waals surface area contributed by atoms with Crippen LogP contribution in [0.5, 0.6) is 0 Å². The topological polar surface area (TPSA) is 77.0 Å². The van der Waals surface area contributed by atoms with Gasteiger partial charge in [0.15, 0.2) is 0 Å². The van der Waals surface area contributed by atoms with Crippen LogP contribution in [0.15, 0.2) is 65.3 Å². The van der Waals surface area contributed by atoms with Crippen LogP contribution in [0.2, 0.25) is 0 Å². The van der Waals surface area contributed by atoms with Crippen LogP contribution in [0.3, 0.4) is 0 Å². The van der Waals surface area contributed by atoms with E-state index >= 15 is 0 Å². The standard InChI is InChI=1S/C26H26FN5O2/c1-26(16-28-15-20(26)25(34)32-12-10-31(2)11-13-32)30-23(17-6-4-3-5-7-17)22-19-9-8-18(27)14-21(19)29-24(22)33/h3-9,14-16,30H,10-13H2,1-2H3,(H,29,33)/b23-22-. The normalized spacial score (nSPS) is 23.4. The van der Waals surface area contributed by atoms with Crippen LogP contribution in [-0.2, 0) is 9.59 Å². The molecule has 174 valence electrons. The first-order valence-electron chi connectivity index (χ1n) is 11.3. The SMILES string of the molecule is CN1CCN(C(=O)C2=CN=CC2(C)N/C(=C2\C(=O)Nc3cc(F)ccc32)c2ccccc2)CC1. The van der Waals surface area contributed by atoms with Crippen LogP contribution < -0.4 is 10.6 Å². The summed E-state index contributed by atoms with van der Waals surface area (Å²) in [5.41, 5.74) is 2.34. The molecule has 3 aliphatic heterocycles. The first-order chi connectivity index (χ1) is 16.4. The highest BCUT2D eigenvalue weighted by Gasteiger charge is 2.40. The Hall–Kier alpha value is -3.78. The number of nitrogens with one attached hydrogen (secondary N) is 2. The molecule has 1 atom stereocenters. The van der Waals surface area contributed by atoms with E-state index in [1.165, 1.54) is 12.1 Å². The van der Waals surface area contributed by atoms with E-state index in [1.54, 1.807) is 18.5 Å². The van der Waals surface area contributed by atoms with Crippen molar-refractivity contribution >= 4 is 35.0 Å². The van der Waals surface area contributed by atoms with Crippen molar-refractivity contribution in [2.24, 2.45) is 4.99 Å². The lowest BCUT2D eigenvalue weighted by molar-refractivity contribution is -0.129. The highest BCUT2D eigenvalue weighted by molar-refractivity contribution is 6.36. The minimum Gasteiger partial charge on any atom is -0.370 e. The zero-order valence-electron chi connectivity index (χ0n) is 19.1. The Morgan fingerprint density at radius 3 is 2.59 bits per heavy atom. The van der Waals surface area contributed by atoms with Crippen molar-refractivity contribution in [3.8, 4) is 0 Å². The van der Waals surface area contributed by atoms with E-state index in [9.17, 15) is 14.0 Å². The number of halogens is 1. The fourth-order valence-corrected chi connectivity index (χ4v) is 4.56. The second-order valence-corrected chi connectivity index (χ2v) is 9.00. The molecule has 1 saturated heterocycles.